The molecule has 1 saturated heterocycles. The highest BCUT2D eigenvalue weighted by Crippen LogP contribution is 2.19. The van der Waals surface area contributed by atoms with Gasteiger partial charge in [-0.05, 0) is 31.6 Å². The molecule has 78 valence electrons. The van der Waals surface area contributed by atoms with Crippen LogP contribution in [-0.4, -0.2) is 18.8 Å². The minimum absolute atomic E-state index is 0.434. The minimum Gasteiger partial charge on any atom is -0.378 e. The highest BCUT2D eigenvalue weighted by atomic mass is 16.5. The topological polar surface area (TPSA) is 47.3 Å². The molecule has 0 aromatic rings. The Morgan fingerprint density at radius 2 is 2.31 bits per heavy atom. The number of rotatable bonds is 5. The first-order valence-corrected chi connectivity index (χ1v) is 5.31. The molecule has 3 N–H and O–H groups in total. The fourth-order valence-electron chi connectivity index (χ4n) is 1.85. The van der Waals surface area contributed by atoms with Gasteiger partial charge >= 0.3 is 0 Å². The van der Waals surface area contributed by atoms with E-state index in [1.54, 1.807) is 0 Å². The molecule has 1 fully saturated rings. The second-order valence-corrected chi connectivity index (χ2v) is 4.23. The number of hydrazine groups is 1. The Balaban J connectivity index is 2.15. The normalized spacial score (nSPS) is 25.4. The molecule has 3 nitrogen and oxygen atoms in total. The molecule has 1 rings (SSSR count). The van der Waals surface area contributed by atoms with Crippen molar-refractivity contribution in [2.75, 3.05) is 6.61 Å². The summed E-state index contributed by atoms with van der Waals surface area (Å²) in [5.41, 5.74) is 2.87. The van der Waals surface area contributed by atoms with Crippen molar-refractivity contribution in [3.05, 3.63) is 0 Å². The maximum Gasteiger partial charge on any atom is 0.0576 e. The predicted molar refractivity (Wildman–Crippen MR) is 54.2 cm³/mol. The van der Waals surface area contributed by atoms with Gasteiger partial charge in [0.1, 0.15) is 0 Å². The third-order valence-electron chi connectivity index (χ3n) is 2.84. The summed E-state index contributed by atoms with van der Waals surface area (Å²) in [6.45, 7) is 5.34. The molecule has 3 heteroatoms. The highest BCUT2D eigenvalue weighted by molar-refractivity contribution is 4.72. The van der Waals surface area contributed by atoms with Crippen molar-refractivity contribution in [2.24, 2.45) is 11.8 Å². The zero-order valence-electron chi connectivity index (χ0n) is 8.75. The van der Waals surface area contributed by atoms with Gasteiger partial charge in [-0.25, -0.2) is 0 Å². The van der Waals surface area contributed by atoms with Crippen molar-refractivity contribution in [1.82, 2.24) is 5.43 Å². The highest BCUT2D eigenvalue weighted by Gasteiger charge is 2.18. The monoisotopic (exact) mass is 186 g/mol. The summed E-state index contributed by atoms with van der Waals surface area (Å²) >= 11 is 0. The van der Waals surface area contributed by atoms with Crippen LogP contribution < -0.4 is 11.3 Å². The average Bonchev–Trinajstić information content (AvgIpc) is 2.57. The molecule has 0 amide bonds. The van der Waals surface area contributed by atoms with Gasteiger partial charge < -0.3 is 4.74 Å². The Labute approximate surface area is 81.0 Å². The Hall–Kier alpha value is -0.120. The van der Waals surface area contributed by atoms with Crippen LogP contribution in [0.1, 0.15) is 39.5 Å². The van der Waals surface area contributed by atoms with Crippen molar-refractivity contribution in [1.29, 1.82) is 0 Å². The Morgan fingerprint density at radius 1 is 1.54 bits per heavy atom. The molecule has 0 aliphatic carbocycles. The van der Waals surface area contributed by atoms with Crippen molar-refractivity contribution in [3.63, 3.8) is 0 Å². The number of hydrogen-bond donors (Lipinski definition) is 2. The molecule has 0 aromatic carbocycles. The zero-order valence-corrected chi connectivity index (χ0v) is 8.75. The van der Waals surface area contributed by atoms with E-state index in [9.17, 15) is 0 Å². The van der Waals surface area contributed by atoms with Crippen LogP contribution in [0.4, 0.5) is 0 Å². The van der Waals surface area contributed by atoms with Crippen LogP contribution in [0.5, 0.6) is 0 Å². The van der Waals surface area contributed by atoms with Crippen LogP contribution in [-0.2, 0) is 4.74 Å². The molecule has 1 aliphatic heterocycles. The summed E-state index contributed by atoms with van der Waals surface area (Å²) in [4.78, 5) is 0. The smallest absolute Gasteiger partial charge is 0.0576 e. The van der Waals surface area contributed by atoms with E-state index in [1.165, 1.54) is 12.8 Å². The van der Waals surface area contributed by atoms with Crippen LogP contribution in [0.2, 0.25) is 0 Å². The van der Waals surface area contributed by atoms with E-state index in [0.717, 1.165) is 19.4 Å². The summed E-state index contributed by atoms with van der Waals surface area (Å²) in [5.74, 6) is 6.07. The van der Waals surface area contributed by atoms with E-state index in [4.69, 9.17) is 10.6 Å². The van der Waals surface area contributed by atoms with E-state index >= 15 is 0 Å². The van der Waals surface area contributed by atoms with Gasteiger partial charge in [-0.2, -0.15) is 0 Å². The molecule has 0 saturated carbocycles. The van der Waals surface area contributed by atoms with E-state index in [1.807, 2.05) is 0 Å². The van der Waals surface area contributed by atoms with E-state index in [0.29, 0.717) is 18.1 Å². The third-order valence-corrected chi connectivity index (χ3v) is 2.84. The van der Waals surface area contributed by atoms with Crippen molar-refractivity contribution >= 4 is 0 Å². The van der Waals surface area contributed by atoms with Gasteiger partial charge in [0.15, 0.2) is 0 Å². The first kappa shape index (κ1) is 11.0. The standard InChI is InChI=1S/C10H22N2O/c1-8(2)10(12-11)6-5-9-4-3-7-13-9/h8-10,12H,3-7,11H2,1-2H3. The van der Waals surface area contributed by atoms with Crippen LogP contribution in [0, 0.1) is 5.92 Å². The van der Waals surface area contributed by atoms with Crippen LogP contribution in [0.3, 0.4) is 0 Å². The Morgan fingerprint density at radius 3 is 2.77 bits per heavy atom. The number of nitrogens with one attached hydrogen (secondary N) is 1. The van der Waals surface area contributed by atoms with Gasteiger partial charge in [-0.1, -0.05) is 13.8 Å². The van der Waals surface area contributed by atoms with Gasteiger partial charge in [0.05, 0.1) is 6.10 Å². The maximum atomic E-state index is 5.56. The van der Waals surface area contributed by atoms with Crippen LogP contribution in [0.15, 0.2) is 0 Å². The molecule has 0 aromatic heterocycles. The van der Waals surface area contributed by atoms with Gasteiger partial charge in [0.25, 0.3) is 0 Å². The fraction of sp³-hybridized carbons (Fsp3) is 1.00. The molecular formula is C10H22N2O. The number of nitrogens with two attached hydrogens (primary N) is 1. The molecule has 0 bridgehead atoms. The van der Waals surface area contributed by atoms with E-state index in [-0.39, 0.29) is 0 Å². The van der Waals surface area contributed by atoms with Crippen molar-refractivity contribution < 1.29 is 4.74 Å². The number of ether oxygens (including phenoxy) is 1. The summed E-state index contributed by atoms with van der Waals surface area (Å²) in [5, 5.41) is 0. The molecule has 0 spiro atoms. The van der Waals surface area contributed by atoms with Crippen LogP contribution >= 0.6 is 0 Å². The summed E-state index contributed by atoms with van der Waals surface area (Å²) in [7, 11) is 0. The first-order valence-electron chi connectivity index (χ1n) is 5.31. The van der Waals surface area contributed by atoms with E-state index < -0.39 is 0 Å². The molecule has 13 heavy (non-hydrogen) atoms. The minimum atomic E-state index is 0.434. The molecule has 1 aliphatic rings. The van der Waals surface area contributed by atoms with Crippen LogP contribution in [0.25, 0.3) is 0 Å². The molecule has 1 heterocycles. The zero-order chi connectivity index (χ0) is 9.68. The first-order chi connectivity index (χ1) is 6.24. The van der Waals surface area contributed by atoms with Crippen molar-refractivity contribution in [3.8, 4) is 0 Å². The van der Waals surface area contributed by atoms with E-state index in [2.05, 4.69) is 19.3 Å². The molecule has 2 atom stereocenters. The SMILES string of the molecule is CC(C)C(CCC1CCCO1)NN. The largest absolute Gasteiger partial charge is 0.378 e. The lowest BCUT2D eigenvalue weighted by Crippen LogP contribution is -2.39. The third kappa shape index (κ3) is 3.63. The quantitative estimate of drug-likeness (QED) is 0.504. The lowest BCUT2D eigenvalue weighted by atomic mass is 9.97. The summed E-state index contributed by atoms with van der Waals surface area (Å²) in [6, 6.07) is 0.434. The van der Waals surface area contributed by atoms with Gasteiger partial charge in [-0.3, -0.25) is 11.3 Å². The average molecular weight is 186 g/mol. The molecule has 0 radical (unpaired) electrons. The van der Waals surface area contributed by atoms with Crippen molar-refractivity contribution in [2.45, 2.75) is 51.7 Å². The molecule has 2 unspecified atom stereocenters. The maximum absolute atomic E-state index is 5.56. The molecular weight excluding hydrogens is 164 g/mol. The summed E-state index contributed by atoms with van der Waals surface area (Å²) in [6.07, 6.45) is 5.23. The Kier molecular flexibility index (Phi) is 4.70. The Bertz CT molecular complexity index is 133. The second kappa shape index (κ2) is 5.58. The number of hydrogen-bond acceptors (Lipinski definition) is 3. The van der Waals surface area contributed by atoms with Gasteiger partial charge in [0.2, 0.25) is 0 Å². The fourth-order valence-corrected chi connectivity index (χ4v) is 1.85. The van der Waals surface area contributed by atoms with Gasteiger partial charge in [0, 0.05) is 12.6 Å². The lowest BCUT2D eigenvalue weighted by molar-refractivity contribution is 0.0978. The summed E-state index contributed by atoms with van der Waals surface area (Å²) < 4.78 is 5.56. The predicted octanol–water partition coefficient (Wildman–Crippen LogP) is 1.43. The second-order valence-electron chi connectivity index (χ2n) is 4.23. The van der Waals surface area contributed by atoms with Gasteiger partial charge in [-0.15, -0.1) is 0 Å². The lowest BCUT2D eigenvalue weighted by Gasteiger charge is -2.21.